The molecule has 0 aliphatic carbocycles. The van der Waals surface area contributed by atoms with Crippen LogP contribution in [0.3, 0.4) is 0 Å². The number of carbonyl (C=O) groups is 1. The summed E-state index contributed by atoms with van der Waals surface area (Å²) >= 11 is 0. The maximum atomic E-state index is 12.2. The van der Waals surface area contributed by atoms with Gasteiger partial charge in [0, 0.05) is 6.61 Å². The Balaban J connectivity index is 1.89. The Kier molecular flexibility index (Phi) is 6.15. The molecule has 1 fully saturated rings. The van der Waals surface area contributed by atoms with Crippen LogP contribution in [0, 0.1) is 6.92 Å². The third-order valence-electron chi connectivity index (χ3n) is 3.71. The molecule has 1 aliphatic rings. The zero-order valence-electron chi connectivity index (χ0n) is 13.4. The number of hydrogen-bond donors (Lipinski definition) is 1. The van der Waals surface area contributed by atoms with E-state index >= 15 is 0 Å². The normalized spacial score (nSPS) is 20.0. The molecular formula is C16H23NO5S. The van der Waals surface area contributed by atoms with E-state index in [-0.39, 0.29) is 11.0 Å². The fraction of sp³-hybridized carbons (Fsp3) is 0.562. The van der Waals surface area contributed by atoms with Gasteiger partial charge in [-0.1, -0.05) is 12.1 Å². The molecule has 128 valence electrons. The summed E-state index contributed by atoms with van der Waals surface area (Å²) in [4.78, 5) is 12.1. The molecule has 6 nitrogen and oxygen atoms in total. The van der Waals surface area contributed by atoms with E-state index in [9.17, 15) is 13.2 Å². The van der Waals surface area contributed by atoms with Gasteiger partial charge in [0.2, 0.25) is 0 Å². The van der Waals surface area contributed by atoms with Crippen molar-refractivity contribution in [2.24, 2.45) is 0 Å². The van der Waals surface area contributed by atoms with Gasteiger partial charge in [-0.2, -0.15) is 0 Å². The van der Waals surface area contributed by atoms with E-state index in [1.54, 1.807) is 19.1 Å². The van der Waals surface area contributed by atoms with E-state index in [0.29, 0.717) is 13.2 Å². The highest BCUT2D eigenvalue weighted by Gasteiger charge is 2.23. The molecular weight excluding hydrogens is 318 g/mol. The predicted octanol–water partition coefficient (Wildman–Crippen LogP) is 1.77. The van der Waals surface area contributed by atoms with Gasteiger partial charge >= 0.3 is 0 Å². The zero-order valence-corrected chi connectivity index (χ0v) is 14.3. The molecule has 1 aliphatic heterocycles. The van der Waals surface area contributed by atoms with Crippen molar-refractivity contribution in [3.8, 4) is 0 Å². The number of nitrogens with one attached hydrogen (secondary N) is 1. The van der Waals surface area contributed by atoms with Gasteiger partial charge in [0.15, 0.2) is 0 Å². The molecule has 1 aromatic carbocycles. The Morgan fingerprint density at radius 2 is 2.22 bits per heavy atom. The molecule has 1 aromatic rings. The summed E-state index contributed by atoms with van der Waals surface area (Å²) in [5.74, 6) is -0.678. The SMILES string of the molecule is Cc1cccc(S(=O)(=O)NC(=O)[C@H](C)OC[C@@H]2CCCCO2)c1. The summed E-state index contributed by atoms with van der Waals surface area (Å²) in [5, 5.41) is 0. The highest BCUT2D eigenvalue weighted by Crippen LogP contribution is 2.14. The number of benzene rings is 1. The molecule has 0 bridgehead atoms. The van der Waals surface area contributed by atoms with Crippen molar-refractivity contribution in [2.75, 3.05) is 13.2 Å². The standard InChI is InChI=1S/C16H23NO5S/c1-12-6-5-8-15(10-12)23(19,20)17-16(18)13(2)22-11-14-7-3-4-9-21-14/h5-6,8,10,13-14H,3-4,7,9,11H2,1-2H3,(H,17,18)/t13-,14-/m0/s1. The Hall–Kier alpha value is -1.44. The molecule has 0 aromatic heterocycles. The van der Waals surface area contributed by atoms with Crippen molar-refractivity contribution >= 4 is 15.9 Å². The molecule has 23 heavy (non-hydrogen) atoms. The largest absolute Gasteiger partial charge is 0.376 e. The second-order valence-electron chi connectivity index (χ2n) is 5.75. The van der Waals surface area contributed by atoms with Crippen LogP contribution in [0.1, 0.15) is 31.7 Å². The van der Waals surface area contributed by atoms with Crippen LogP contribution in [0.5, 0.6) is 0 Å². The third-order valence-corrected chi connectivity index (χ3v) is 5.05. The van der Waals surface area contributed by atoms with Crippen LogP contribution in [-0.4, -0.2) is 39.7 Å². The second kappa shape index (κ2) is 7.90. The molecule has 0 unspecified atom stereocenters. The van der Waals surface area contributed by atoms with Crippen LogP contribution in [0.25, 0.3) is 0 Å². The summed E-state index contributed by atoms with van der Waals surface area (Å²) in [6, 6.07) is 6.38. The van der Waals surface area contributed by atoms with Gasteiger partial charge in [-0.25, -0.2) is 13.1 Å². The number of hydrogen-bond acceptors (Lipinski definition) is 5. The first-order valence-electron chi connectivity index (χ1n) is 7.75. The number of rotatable bonds is 6. The van der Waals surface area contributed by atoms with Crippen LogP contribution in [0.4, 0.5) is 0 Å². The maximum Gasteiger partial charge on any atom is 0.264 e. The van der Waals surface area contributed by atoms with Crippen molar-refractivity contribution in [1.82, 2.24) is 4.72 Å². The van der Waals surface area contributed by atoms with E-state index in [0.717, 1.165) is 24.8 Å². The molecule has 2 rings (SSSR count). The lowest BCUT2D eigenvalue weighted by Crippen LogP contribution is -2.40. The van der Waals surface area contributed by atoms with Gasteiger partial charge in [-0.3, -0.25) is 4.79 Å². The minimum Gasteiger partial charge on any atom is -0.376 e. The van der Waals surface area contributed by atoms with E-state index in [1.807, 2.05) is 0 Å². The lowest BCUT2D eigenvalue weighted by atomic mass is 10.1. The number of carbonyl (C=O) groups excluding carboxylic acids is 1. The van der Waals surface area contributed by atoms with Crippen LogP contribution >= 0.6 is 0 Å². The topological polar surface area (TPSA) is 81.7 Å². The van der Waals surface area contributed by atoms with Crippen LogP contribution < -0.4 is 4.72 Å². The van der Waals surface area contributed by atoms with E-state index in [4.69, 9.17) is 9.47 Å². The maximum absolute atomic E-state index is 12.2. The quantitative estimate of drug-likeness (QED) is 0.853. The minimum atomic E-state index is -3.88. The molecule has 1 heterocycles. The van der Waals surface area contributed by atoms with E-state index < -0.39 is 22.0 Å². The average molecular weight is 341 g/mol. The number of aryl methyl sites for hydroxylation is 1. The summed E-state index contributed by atoms with van der Waals surface area (Å²) in [6.07, 6.45) is 2.14. The van der Waals surface area contributed by atoms with E-state index in [1.165, 1.54) is 19.1 Å². The van der Waals surface area contributed by atoms with Gasteiger partial charge in [0.05, 0.1) is 17.6 Å². The Bertz CT molecular complexity index is 638. The van der Waals surface area contributed by atoms with Gasteiger partial charge in [-0.15, -0.1) is 0 Å². The fourth-order valence-electron chi connectivity index (χ4n) is 2.32. The average Bonchev–Trinajstić information content (AvgIpc) is 2.53. The van der Waals surface area contributed by atoms with Crippen molar-refractivity contribution in [2.45, 2.75) is 50.2 Å². The lowest BCUT2D eigenvalue weighted by molar-refractivity contribution is -0.133. The summed E-state index contributed by atoms with van der Waals surface area (Å²) in [7, 11) is -3.88. The molecule has 0 radical (unpaired) electrons. The predicted molar refractivity (Wildman–Crippen MR) is 85.5 cm³/mol. The Labute approximate surface area is 137 Å². The monoisotopic (exact) mass is 341 g/mol. The van der Waals surface area contributed by atoms with Crippen molar-refractivity contribution in [3.63, 3.8) is 0 Å². The number of sulfonamides is 1. The minimum absolute atomic E-state index is 0.0209. The summed E-state index contributed by atoms with van der Waals surface area (Å²) < 4.78 is 37.4. The lowest BCUT2D eigenvalue weighted by Gasteiger charge is -2.23. The van der Waals surface area contributed by atoms with Crippen molar-refractivity contribution in [3.05, 3.63) is 29.8 Å². The molecule has 1 saturated heterocycles. The highest BCUT2D eigenvalue weighted by atomic mass is 32.2. The fourth-order valence-corrected chi connectivity index (χ4v) is 3.47. The van der Waals surface area contributed by atoms with Crippen LogP contribution in [-0.2, 0) is 24.3 Å². The summed E-state index contributed by atoms with van der Waals surface area (Å²) in [6.45, 7) is 4.32. The Morgan fingerprint density at radius 1 is 1.43 bits per heavy atom. The zero-order chi connectivity index (χ0) is 16.9. The Morgan fingerprint density at radius 3 is 2.87 bits per heavy atom. The smallest absolute Gasteiger partial charge is 0.264 e. The molecule has 7 heteroatoms. The first kappa shape index (κ1) is 17.9. The number of amides is 1. The second-order valence-corrected chi connectivity index (χ2v) is 7.43. The number of ether oxygens (including phenoxy) is 2. The molecule has 2 atom stereocenters. The van der Waals surface area contributed by atoms with Crippen LogP contribution in [0.2, 0.25) is 0 Å². The first-order valence-corrected chi connectivity index (χ1v) is 9.23. The van der Waals surface area contributed by atoms with Gasteiger partial charge in [-0.05, 0) is 50.8 Å². The van der Waals surface area contributed by atoms with Crippen LogP contribution in [0.15, 0.2) is 29.2 Å². The third kappa shape index (κ3) is 5.30. The molecule has 1 amide bonds. The molecule has 0 saturated carbocycles. The summed E-state index contributed by atoms with van der Waals surface area (Å²) in [5.41, 5.74) is 0.805. The molecule has 1 N–H and O–H groups in total. The highest BCUT2D eigenvalue weighted by molar-refractivity contribution is 7.90. The van der Waals surface area contributed by atoms with Gasteiger partial charge in [0.25, 0.3) is 15.9 Å². The first-order chi connectivity index (χ1) is 10.9. The molecule has 0 spiro atoms. The van der Waals surface area contributed by atoms with Crippen molar-refractivity contribution in [1.29, 1.82) is 0 Å². The van der Waals surface area contributed by atoms with Crippen molar-refractivity contribution < 1.29 is 22.7 Å². The van der Waals surface area contributed by atoms with Gasteiger partial charge in [0.1, 0.15) is 6.10 Å². The van der Waals surface area contributed by atoms with E-state index in [2.05, 4.69) is 4.72 Å². The van der Waals surface area contributed by atoms with Gasteiger partial charge < -0.3 is 9.47 Å².